The van der Waals surface area contributed by atoms with Gasteiger partial charge < -0.3 is 0 Å². The quantitative estimate of drug-likeness (QED) is 0.642. The zero-order chi connectivity index (χ0) is 10.7. The van der Waals surface area contributed by atoms with Crippen LogP contribution in [0.15, 0.2) is 49.6 Å². The van der Waals surface area contributed by atoms with Crippen LogP contribution in [-0.2, 0) is 5.75 Å². The van der Waals surface area contributed by atoms with Crippen LogP contribution in [0.4, 0.5) is 0 Å². The predicted molar refractivity (Wildman–Crippen MR) is 75.7 cm³/mol. The molecule has 2 rings (SSSR count). The standard InChI is InChI=1S/C11H8Br2S2/c12-8-2-1-3-9(6-8)14-7-10-4-5-11(13)15-10/h1-6H,7H2. The second-order valence-electron chi connectivity index (χ2n) is 2.95. The first-order chi connectivity index (χ1) is 7.24. The molecule has 0 fully saturated rings. The number of halogens is 2. The van der Waals surface area contributed by atoms with Gasteiger partial charge in [0.2, 0.25) is 0 Å². The van der Waals surface area contributed by atoms with Crippen molar-refractivity contribution < 1.29 is 0 Å². The van der Waals surface area contributed by atoms with E-state index in [9.17, 15) is 0 Å². The number of rotatable bonds is 3. The minimum absolute atomic E-state index is 1.03. The molecule has 0 spiro atoms. The molecule has 0 N–H and O–H groups in total. The van der Waals surface area contributed by atoms with Crippen molar-refractivity contribution in [3.63, 3.8) is 0 Å². The molecule has 0 aliphatic heterocycles. The SMILES string of the molecule is Brc1cccc(SCc2ccc(Br)s2)c1. The van der Waals surface area contributed by atoms with Crippen molar-refractivity contribution in [3.05, 3.63) is 49.5 Å². The van der Waals surface area contributed by atoms with E-state index in [-0.39, 0.29) is 0 Å². The molecule has 15 heavy (non-hydrogen) atoms. The van der Waals surface area contributed by atoms with Crippen molar-refractivity contribution in [2.45, 2.75) is 10.6 Å². The molecule has 0 radical (unpaired) electrons. The first-order valence-corrected chi connectivity index (χ1v) is 7.75. The molecule has 1 heterocycles. The molecular formula is C11H8Br2S2. The normalized spacial score (nSPS) is 10.5. The maximum absolute atomic E-state index is 3.47. The molecule has 0 aliphatic rings. The zero-order valence-electron chi connectivity index (χ0n) is 7.74. The van der Waals surface area contributed by atoms with Gasteiger partial charge in [-0.3, -0.25) is 0 Å². The number of thioether (sulfide) groups is 1. The fourth-order valence-corrected chi connectivity index (χ4v) is 4.17. The van der Waals surface area contributed by atoms with Crippen LogP contribution in [0.25, 0.3) is 0 Å². The summed E-state index contributed by atoms with van der Waals surface area (Å²) in [5, 5.41) is 0. The van der Waals surface area contributed by atoms with Gasteiger partial charge >= 0.3 is 0 Å². The smallest absolute Gasteiger partial charge is 0.0701 e. The summed E-state index contributed by atoms with van der Waals surface area (Å²) in [7, 11) is 0. The largest absolute Gasteiger partial charge is 0.132 e. The van der Waals surface area contributed by atoms with E-state index in [1.807, 2.05) is 17.8 Å². The number of thiophene rings is 1. The summed E-state index contributed by atoms with van der Waals surface area (Å²) >= 11 is 10.6. The third-order valence-electron chi connectivity index (χ3n) is 1.81. The lowest BCUT2D eigenvalue weighted by Gasteiger charge is -1.99. The third kappa shape index (κ3) is 3.63. The molecule has 4 heteroatoms. The molecule has 0 bridgehead atoms. The van der Waals surface area contributed by atoms with E-state index < -0.39 is 0 Å². The maximum atomic E-state index is 3.47. The van der Waals surface area contributed by atoms with E-state index >= 15 is 0 Å². The Morgan fingerprint density at radius 2 is 2.00 bits per heavy atom. The molecule has 2 aromatic rings. The molecule has 0 aliphatic carbocycles. The van der Waals surface area contributed by atoms with Gasteiger partial charge in [0.1, 0.15) is 0 Å². The van der Waals surface area contributed by atoms with Gasteiger partial charge in [-0.25, -0.2) is 0 Å². The molecule has 1 aromatic carbocycles. The van der Waals surface area contributed by atoms with Crippen molar-refractivity contribution in [2.24, 2.45) is 0 Å². The number of hydrogen-bond donors (Lipinski definition) is 0. The van der Waals surface area contributed by atoms with Crippen LogP contribution in [0.1, 0.15) is 4.88 Å². The Bertz CT molecular complexity index is 451. The van der Waals surface area contributed by atoms with E-state index in [0.717, 1.165) is 10.2 Å². The molecule has 0 nitrogen and oxygen atoms in total. The first-order valence-electron chi connectivity index (χ1n) is 4.36. The molecule has 0 saturated carbocycles. The topological polar surface area (TPSA) is 0 Å². The average molecular weight is 364 g/mol. The lowest BCUT2D eigenvalue weighted by Crippen LogP contribution is -1.74. The predicted octanol–water partition coefficient (Wildman–Crippen LogP) is 5.57. The Balaban J connectivity index is 1.99. The molecular weight excluding hydrogens is 356 g/mol. The van der Waals surface area contributed by atoms with Gasteiger partial charge in [0, 0.05) is 20.0 Å². The summed E-state index contributed by atoms with van der Waals surface area (Å²) in [4.78, 5) is 2.70. The van der Waals surface area contributed by atoms with Gasteiger partial charge in [-0.05, 0) is 46.3 Å². The summed E-state index contributed by atoms with van der Waals surface area (Å²) in [5.74, 6) is 1.03. The van der Waals surface area contributed by atoms with Crippen molar-refractivity contribution in [1.82, 2.24) is 0 Å². The van der Waals surface area contributed by atoms with E-state index in [0.29, 0.717) is 0 Å². The number of hydrogen-bond acceptors (Lipinski definition) is 2. The summed E-state index contributed by atoms with van der Waals surface area (Å²) in [6.07, 6.45) is 0. The molecule has 0 atom stereocenters. The van der Waals surface area contributed by atoms with Crippen molar-refractivity contribution >= 4 is 55.0 Å². The highest BCUT2D eigenvalue weighted by atomic mass is 79.9. The van der Waals surface area contributed by atoms with Gasteiger partial charge in [0.15, 0.2) is 0 Å². The lowest BCUT2D eigenvalue weighted by molar-refractivity contribution is 1.41. The summed E-state index contributed by atoms with van der Waals surface area (Å²) in [6, 6.07) is 12.7. The van der Waals surface area contributed by atoms with Gasteiger partial charge in [-0.15, -0.1) is 23.1 Å². The molecule has 0 unspecified atom stereocenters. The monoisotopic (exact) mass is 362 g/mol. The van der Waals surface area contributed by atoms with Crippen LogP contribution >= 0.6 is 55.0 Å². The number of benzene rings is 1. The van der Waals surface area contributed by atoms with E-state index in [1.54, 1.807) is 11.3 Å². The fraction of sp³-hybridized carbons (Fsp3) is 0.0909. The van der Waals surface area contributed by atoms with Crippen molar-refractivity contribution in [1.29, 1.82) is 0 Å². The van der Waals surface area contributed by atoms with Crippen LogP contribution in [0, 0.1) is 0 Å². The van der Waals surface area contributed by atoms with Gasteiger partial charge in [0.05, 0.1) is 3.79 Å². The highest BCUT2D eigenvalue weighted by molar-refractivity contribution is 9.11. The van der Waals surface area contributed by atoms with E-state index in [2.05, 4.69) is 62.2 Å². The minimum atomic E-state index is 1.03. The maximum Gasteiger partial charge on any atom is 0.0701 e. The Kier molecular flexibility index (Phi) is 4.31. The van der Waals surface area contributed by atoms with Crippen LogP contribution in [0.3, 0.4) is 0 Å². The summed E-state index contributed by atoms with van der Waals surface area (Å²) in [6.45, 7) is 0. The zero-order valence-corrected chi connectivity index (χ0v) is 12.5. The highest BCUT2D eigenvalue weighted by Gasteiger charge is 1.99. The second kappa shape index (κ2) is 5.53. The fourth-order valence-electron chi connectivity index (χ4n) is 1.14. The molecule has 1 aromatic heterocycles. The Hall–Kier alpha value is 0.230. The molecule has 78 valence electrons. The van der Waals surface area contributed by atoms with Gasteiger partial charge in [-0.1, -0.05) is 22.0 Å². The molecule has 0 saturated heterocycles. The van der Waals surface area contributed by atoms with E-state index in [1.165, 1.54) is 13.6 Å². The van der Waals surface area contributed by atoms with Crippen LogP contribution < -0.4 is 0 Å². The first kappa shape index (κ1) is 11.7. The van der Waals surface area contributed by atoms with Gasteiger partial charge in [-0.2, -0.15) is 0 Å². The van der Waals surface area contributed by atoms with E-state index in [4.69, 9.17) is 0 Å². The van der Waals surface area contributed by atoms with Crippen molar-refractivity contribution in [2.75, 3.05) is 0 Å². The average Bonchev–Trinajstić information content (AvgIpc) is 2.62. The summed E-state index contributed by atoms with van der Waals surface area (Å²) < 4.78 is 2.34. The Morgan fingerprint density at radius 3 is 2.67 bits per heavy atom. The van der Waals surface area contributed by atoms with Gasteiger partial charge in [0.25, 0.3) is 0 Å². The lowest BCUT2D eigenvalue weighted by atomic mass is 10.4. The second-order valence-corrected chi connectivity index (χ2v) is 7.46. The van der Waals surface area contributed by atoms with Crippen molar-refractivity contribution in [3.8, 4) is 0 Å². The highest BCUT2D eigenvalue weighted by Crippen LogP contribution is 2.30. The van der Waals surface area contributed by atoms with Crippen LogP contribution in [-0.4, -0.2) is 0 Å². The third-order valence-corrected chi connectivity index (χ3v) is 5.15. The van der Waals surface area contributed by atoms with Crippen LogP contribution in [0.2, 0.25) is 0 Å². The minimum Gasteiger partial charge on any atom is -0.132 e. The summed E-state index contributed by atoms with van der Waals surface area (Å²) in [5.41, 5.74) is 0. The van der Waals surface area contributed by atoms with Crippen LogP contribution in [0.5, 0.6) is 0 Å². The Morgan fingerprint density at radius 1 is 1.13 bits per heavy atom. The Labute approximate surface area is 114 Å². The molecule has 0 amide bonds.